The molecule has 0 spiro atoms. The highest BCUT2D eigenvalue weighted by molar-refractivity contribution is 14.0. The molecular weight excluding hydrogens is 515 g/mol. The van der Waals surface area contributed by atoms with Crippen molar-refractivity contribution in [3.8, 4) is 0 Å². The lowest BCUT2D eigenvalue weighted by molar-refractivity contribution is -0.127. The van der Waals surface area contributed by atoms with Crippen molar-refractivity contribution >= 4 is 35.8 Å². The normalized spacial score (nSPS) is 13.7. The molecule has 0 aromatic heterocycles. The molecule has 0 aliphatic carbocycles. The van der Waals surface area contributed by atoms with E-state index < -0.39 is 0 Å². The molecular formula is C25H35IN4O2. The molecule has 7 heteroatoms. The molecule has 1 aliphatic rings. The molecule has 0 unspecified atom stereocenters. The van der Waals surface area contributed by atoms with Crippen molar-refractivity contribution in [3.05, 3.63) is 71.3 Å². The summed E-state index contributed by atoms with van der Waals surface area (Å²) >= 11 is 0. The number of benzene rings is 2. The van der Waals surface area contributed by atoms with Gasteiger partial charge in [0.15, 0.2) is 5.96 Å². The van der Waals surface area contributed by atoms with Crippen molar-refractivity contribution in [3.63, 3.8) is 0 Å². The van der Waals surface area contributed by atoms with Gasteiger partial charge in [0.25, 0.3) is 0 Å². The van der Waals surface area contributed by atoms with Crippen LogP contribution in [0, 0.1) is 0 Å². The van der Waals surface area contributed by atoms with Gasteiger partial charge >= 0.3 is 0 Å². The second kappa shape index (κ2) is 14.8. The number of carbonyl (C=O) groups excluding carboxylic acids is 1. The number of carbonyl (C=O) groups is 1. The molecule has 32 heavy (non-hydrogen) atoms. The van der Waals surface area contributed by atoms with Crippen LogP contribution in [-0.2, 0) is 29.3 Å². The molecule has 1 fully saturated rings. The van der Waals surface area contributed by atoms with E-state index in [9.17, 15) is 4.79 Å². The first-order valence-corrected chi connectivity index (χ1v) is 11.2. The maximum absolute atomic E-state index is 11.7. The third-order valence-corrected chi connectivity index (χ3v) is 5.20. The molecule has 0 radical (unpaired) electrons. The Morgan fingerprint density at radius 1 is 1.03 bits per heavy atom. The van der Waals surface area contributed by atoms with E-state index in [2.05, 4.69) is 54.0 Å². The average molecular weight is 550 g/mol. The Morgan fingerprint density at radius 2 is 1.78 bits per heavy atom. The lowest BCUT2D eigenvalue weighted by Crippen LogP contribution is -2.39. The number of nitrogens with zero attached hydrogens (tertiary/aromatic N) is 2. The number of likely N-dealkylation sites (tertiary alicyclic amines) is 1. The molecule has 2 aromatic rings. The van der Waals surface area contributed by atoms with Gasteiger partial charge in [0.2, 0.25) is 5.91 Å². The van der Waals surface area contributed by atoms with E-state index in [4.69, 9.17) is 9.73 Å². The summed E-state index contributed by atoms with van der Waals surface area (Å²) in [5.74, 6) is 1.09. The zero-order valence-electron chi connectivity index (χ0n) is 18.9. The Morgan fingerprint density at radius 3 is 2.53 bits per heavy atom. The van der Waals surface area contributed by atoms with Crippen molar-refractivity contribution in [1.82, 2.24) is 15.5 Å². The third kappa shape index (κ3) is 9.16. The number of amides is 1. The van der Waals surface area contributed by atoms with Crippen LogP contribution in [0.3, 0.4) is 0 Å². The lowest BCUT2D eigenvalue weighted by atomic mass is 10.1. The Labute approximate surface area is 208 Å². The third-order valence-electron chi connectivity index (χ3n) is 5.20. The summed E-state index contributed by atoms with van der Waals surface area (Å²) in [4.78, 5) is 18.4. The summed E-state index contributed by atoms with van der Waals surface area (Å²) in [5, 5.41) is 6.66. The zero-order valence-corrected chi connectivity index (χ0v) is 21.2. The van der Waals surface area contributed by atoms with Gasteiger partial charge in [0.05, 0.1) is 19.8 Å². The van der Waals surface area contributed by atoms with Gasteiger partial charge in [0.1, 0.15) is 0 Å². The average Bonchev–Trinajstić information content (AvgIpc) is 3.20. The molecule has 0 atom stereocenters. The van der Waals surface area contributed by atoms with Crippen LogP contribution in [0.4, 0.5) is 0 Å². The molecule has 0 saturated carbocycles. The SMILES string of the molecule is CCNC(=NCc1cccc(COCc2ccccc2)c1)NCCCN1CCCC1=O.I. The van der Waals surface area contributed by atoms with Crippen molar-refractivity contribution in [2.75, 3.05) is 26.2 Å². The van der Waals surface area contributed by atoms with Crippen LogP contribution in [0.5, 0.6) is 0 Å². The Bertz CT molecular complexity index is 845. The van der Waals surface area contributed by atoms with Crippen molar-refractivity contribution < 1.29 is 9.53 Å². The van der Waals surface area contributed by atoms with E-state index in [1.807, 2.05) is 23.1 Å². The van der Waals surface area contributed by atoms with Gasteiger partial charge in [-0.05, 0) is 36.5 Å². The largest absolute Gasteiger partial charge is 0.372 e. The fourth-order valence-electron chi connectivity index (χ4n) is 3.61. The van der Waals surface area contributed by atoms with E-state index in [-0.39, 0.29) is 29.9 Å². The maximum Gasteiger partial charge on any atom is 0.222 e. The summed E-state index contributed by atoms with van der Waals surface area (Å²) in [6.07, 6.45) is 2.62. The highest BCUT2D eigenvalue weighted by Crippen LogP contribution is 2.11. The highest BCUT2D eigenvalue weighted by atomic mass is 127. The van der Waals surface area contributed by atoms with Gasteiger partial charge in [-0.15, -0.1) is 24.0 Å². The molecule has 3 rings (SSSR count). The summed E-state index contributed by atoms with van der Waals surface area (Å²) in [6.45, 7) is 7.18. The second-order valence-corrected chi connectivity index (χ2v) is 7.76. The van der Waals surface area contributed by atoms with Gasteiger partial charge in [-0.3, -0.25) is 4.79 Å². The predicted molar refractivity (Wildman–Crippen MR) is 140 cm³/mol. The fourth-order valence-corrected chi connectivity index (χ4v) is 3.61. The number of ether oxygens (including phenoxy) is 1. The van der Waals surface area contributed by atoms with E-state index in [0.717, 1.165) is 56.1 Å². The maximum atomic E-state index is 11.7. The van der Waals surface area contributed by atoms with Gasteiger partial charge < -0.3 is 20.3 Å². The number of rotatable bonds is 11. The number of hydrogen-bond acceptors (Lipinski definition) is 3. The predicted octanol–water partition coefficient (Wildman–Crippen LogP) is 4.09. The topological polar surface area (TPSA) is 66.0 Å². The molecule has 6 nitrogen and oxygen atoms in total. The quantitative estimate of drug-likeness (QED) is 0.192. The van der Waals surface area contributed by atoms with Gasteiger partial charge in [-0.25, -0.2) is 4.99 Å². The minimum absolute atomic E-state index is 0. The number of aliphatic imine (C=N–C) groups is 1. The highest BCUT2D eigenvalue weighted by Gasteiger charge is 2.18. The molecule has 2 N–H and O–H groups in total. The summed E-state index contributed by atoms with van der Waals surface area (Å²) in [5.41, 5.74) is 3.48. The molecule has 174 valence electrons. The summed E-state index contributed by atoms with van der Waals surface area (Å²) in [7, 11) is 0. The Balaban J connectivity index is 0.00000363. The van der Waals surface area contributed by atoms with Crippen LogP contribution >= 0.6 is 24.0 Å². The standard InChI is InChI=1S/C25H34N4O2.HI/c1-2-26-25(27-14-8-16-29-15-7-13-24(29)30)28-18-22-11-6-12-23(17-22)20-31-19-21-9-4-3-5-10-21;/h3-6,9-12,17H,2,7-8,13-16,18-20H2,1H3,(H2,26,27,28);1H. The zero-order chi connectivity index (χ0) is 21.7. The van der Waals surface area contributed by atoms with E-state index in [1.54, 1.807) is 0 Å². The molecule has 0 bridgehead atoms. The summed E-state index contributed by atoms with van der Waals surface area (Å²) < 4.78 is 5.85. The first-order valence-electron chi connectivity index (χ1n) is 11.2. The number of hydrogen-bond donors (Lipinski definition) is 2. The number of guanidine groups is 1. The van der Waals surface area contributed by atoms with Crippen molar-refractivity contribution in [1.29, 1.82) is 0 Å². The molecule has 2 aromatic carbocycles. The minimum Gasteiger partial charge on any atom is -0.372 e. The molecule has 1 saturated heterocycles. The minimum atomic E-state index is 0. The Hall–Kier alpha value is -2.13. The van der Waals surface area contributed by atoms with Crippen LogP contribution < -0.4 is 10.6 Å². The fraction of sp³-hybridized carbons (Fsp3) is 0.440. The van der Waals surface area contributed by atoms with E-state index >= 15 is 0 Å². The lowest BCUT2D eigenvalue weighted by Gasteiger charge is -2.16. The second-order valence-electron chi connectivity index (χ2n) is 7.76. The van der Waals surface area contributed by atoms with Gasteiger partial charge in [-0.1, -0.05) is 54.6 Å². The van der Waals surface area contributed by atoms with Crippen molar-refractivity contribution in [2.45, 2.75) is 45.9 Å². The first kappa shape index (κ1) is 26.1. The van der Waals surface area contributed by atoms with Crippen LogP contribution in [0.1, 0.15) is 42.9 Å². The van der Waals surface area contributed by atoms with E-state index in [1.165, 1.54) is 5.56 Å². The first-order chi connectivity index (χ1) is 15.2. The van der Waals surface area contributed by atoms with Crippen LogP contribution in [0.2, 0.25) is 0 Å². The molecule has 1 aliphatic heterocycles. The number of halogens is 1. The van der Waals surface area contributed by atoms with E-state index in [0.29, 0.717) is 26.2 Å². The van der Waals surface area contributed by atoms with Crippen LogP contribution in [-0.4, -0.2) is 42.9 Å². The van der Waals surface area contributed by atoms with Crippen LogP contribution in [0.25, 0.3) is 0 Å². The van der Waals surface area contributed by atoms with Crippen LogP contribution in [0.15, 0.2) is 59.6 Å². The van der Waals surface area contributed by atoms with Gasteiger partial charge in [-0.2, -0.15) is 0 Å². The van der Waals surface area contributed by atoms with Gasteiger partial charge in [0, 0.05) is 32.6 Å². The smallest absolute Gasteiger partial charge is 0.222 e. The Kier molecular flexibility index (Phi) is 12.1. The number of nitrogens with one attached hydrogen (secondary N) is 2. The monoisotopic (exact) mass is 550 g/mol. The molecule has 1 heterocycles. The summed E-state index contributed by atoms with van der Waals surface area (Å²) in [6, 6.07) is 18.6. The van der Waals surface area contributed by atoms with Crippen molar-refractivity contribution in [2.24, 2.45) is 4.99 Å². The molecule has 1 amide bonds.